The largest absolute Gasteiger partial charge is 0.376 e. The first-order chi connectivity index (χ1) is 7.95. The van der Waals surface area contributed by atoms with Gasteiger partial charge in [0.05, 0.1) is 25.3 Å². The summed E-state index contributed by atoms with van der Waals surface area (Å²) in [4.78, 5) is 4.34. The molecule has 82 valence electrons. The Morgan fingerprint density at radius 2 is 2.06 bits per heavy atom. The van der Waals surface area contributed by atoms with Gasteiger partial charge in [0, 0.05) is 11.6 Å². The minimum atomic E-state index is 0.0432. The van der Waals surface area contributed by atoms with Crippen molar-refractivity contribution in [2.75, 3.05) is 19.8 Å². The fourth-order valence-electron chi connectivity index (χ4n) is 2.07. The molecule has 0 bridgehead atoms. The SMILES string of the molecule is c1ccc2c(C3COCCO3)ccnc2c1. The zero-order chi connectivity index (χ0) is 10.8. The third-order valence-electron chi connectivity index (χ3n) is 2.85. The number of para-hydroxylation sites is 1. The highest BCUT2D eigenvalue weighted by molar-refractivity contribution is 5.82. The second-order valence-corrected chi connectivity index (χ2v) is 3.85. The lowest BCUT2D eigenvalue weighted by atomic mass is 10.0. The molecule has 3 rings (SSSR count). The lowest BCUT2D eigenvalue weighted by Crippen LogP contribution is -2.22. The number of nitrogens with zero attached hydrogens (tertiary/aromatic N) is 1. The van der Waals surface area contributed by atoms with E-state index in [1.54, 1.807) is 0 Å². The molecular formula is C13H13NO2. The molecule has 16 heavy (non-hydrogen) atoms. The van der Waals surface area contributed by atoms with E-state index < -0.39 is 0 Å². The van der Waals surface area contributed by atoms with Crippen LogP contribution in [0.5, 0.6) is 0 Å². The van der Waals surface area contributed by atoms with Gasteiger partial charge in [-0.3, -0.25) is 4.98 Å². The van der Waals surface area contributed by atoms with Crippen molar-refractivity contribution in [1.82, 2.24) is 4.98 Å². The number of fused-ring (bicyclic) bond motifs is 1. The van der Waals surface area contributed by atoms with E-state index in [-0.39, 0.29) is 6.10 Å². The Balaban J connectivity index is 2.08. The summed E-state index contributed by atoms with van der Waals surface area (Å²) in [6, 6.07) is 10.1. The molecular weight excluding hydrogens is 202 g/mol. The number of aromatic nitrogens is 1. The quantitative estimate of drug-likeness (QED) is 0.731. The van der Waals surface area contributed by atoms with Gasteiger partial charge in [0.25, 0.3) is 0 Å². The van der Waals surface area contributed by atoms with Crippen molar-refractivity contribution < 1.29 is 9.47 Å². The van der Waals surface area contributed by atoms with E-state index in [0.29, 0.717) is 19.8 Å². The van der Waals surface area contributed by atoms with Crippen molar-refractivity contribution in [2.24, 2.45) is 0 Å². The maximum Gasteiger partial charge on any atom is 0.107 e. The summed E-state index contributed by atoms with van der Waals surface area (Å²) in [7, 11) is 0. The van der Waals surface area contributed by atoms with E-state index in [2.05, 4.69) is 11.1 Å². The summed E-state index contributed by atoms with van der Waals surface area (Å²) >= 11 is 0. The van der Waals surface area contributed by atoms with Crippen LogP contribution in [0.25, 0.3) is 10.9 Å². The number of ether oxygens (including phenoxy) is 2. The van der Waals surface area contributed by atoms with E-state index >= 15 is 0 Å². The average Bonchev–Trinajstić information content (AvgIpc) is 2.39. The highest BCUT2D eigenvalue weighted by Crippen LogP contribution is 2.26. The number of pyridine rings is 1. The fourth-order valence-corrected chi connectivity index (χ4v) is 2.07. The summed E-state index contributed by atoms with van der Waals surface area (Å²) in [6.07, 6.45) is 1.87. The molecule has 1 fully saturated rings. The molecule has 3 nitrogen and oxygen atoms in total. The molecule has 0 amide bonds. The molecule has 0 radical (unpaired) electrons. The number of rotatable bonds is 1. The Morgan fingerprint density at radius 3 is 2.94 bits per heavy atom. The molecule has 1 atom stereocenters. The number of hydrogen-bond donors (Lipinski definition) is 0. The normalized spacial score (nSPS) is 21.1. The van der Waals surface area contributed by atoms with Crippen LogP contribution in [0.4, 0.5) is 0 Å². The first-order valence-electron chi connectivity index (χ1n) is 5.48. The molecule has 0 saturated carbocycles. The molecule has 1 aromatic heterocycles. The zero-order valence-corrected chi connectivity index (χ0v) is 8.93. The van der Waals surface area contributed by atoms with E-state index in [1.807, 2.05) is 30.5 Å². The van der Waals surface area contributed by atoms with E-state index in [9.17, 15) is 0 Å². The van der Waals surface area contributed by atoms with Crippen LogP contribution in [-0.2, 0) is 9.47 Å². The van der Waals surface area contributed by atoms with Gasteiger partial charge >= 0.3 is 0 Å². The first kappa shape index (κ1) is 9.75. The van der Waals surface area contributed by atoms with Gasteiger partial charge in [0.1, 0.15) is 6.10 Å². The molecule has 0 aliphatic carbocycles. The van der Waals surface area contributed by atoms with Crippen molar-refractivity contribution in [1.29, 1.82) is 0 Å². The van der Waals surface area contributed by atoms with Gasteiger partial charge in [-0.2, -0.15) is 0 Å². The zero-order valence-electron chi connectivity index (χ0n) is 8.93. The molecule has 1 saturated heterocycles. The highest BCUT2D eigenvalue weighted by atomic mass is 16.6. The minimum absolute atomic E-state index is 0.0432. The molecule has 1 unspecified atom stereocenters. The Kier molecular flexibility index (Phi) is 2.56. The van der Waals surface area contributed by atoms with Crippen molar-refractivity contribution in [3.8, 4) is 0 Å². The van der Waals surface area contributed by atoms with Crippen LogP contribution < -0.4 is 0 Å². The smallest absolute Gasteiger partial charge is 0.107 e. The van der Waals surface area contributed by atoms with E-state index in [4.69, 9.17) is 9.47 Å². The predicted molar refractivity (Wildman–Crippen MR) is 61.3 cm³/mol. The van der Waals surface area contributed by atoms with Crippen LogP contribution in [0.3, 0.4) is 0 Å². The second kappa shape index (κ2) is 4.20. The van der Waals surface area contributed by atoms with Gasteiger partial charge in [-0.15, -0.1) is 0 Å². The van der Waals surface area contributed by atoms with Crippen LogP contribution in [0, 0.1) is 0 Å². The Hall–Kier alpha value is -1.45. The Bertz CT molecular complexity index is 487. The van der Waals surface area contributed by atoms with Crippen LogP contribution >= 0.6 is 0 Å². The maximum atomic E-state index is 5.72. The highest BCUT2D eigenvalue weighted by Gasteiger charge is 2.18. The van der Waals surface area contributed by atoms with Gasteiger partial charge < -0.3 is 9.47 Å². The van der Waals surface area contributed by atoms with Crippen LogP contribution in [-0.4, -0.2) is 24.8 Å². The maximum absolute atomic E-state index is 5.72. The molecule has 3 heteroatoms. The van der Waals surface area contributed by atoms with Crippen molar-refractivity contribution in [2.45, 2.75) is 6.10 Å². The van der Waals surface area contributed by atoms with Gasteiger partial charge in [-0.1, -0.05) is 18.2 Å². The van der Waals surface area contributed by atoms with Crippen molar-refractivity contribution in [3.63, 3.8) is 0 Å². The van der Waals surface area contributed by atoms with Gasteiger partial charge in [-0.25, -0.2) is 0 Å². The summed E-state index contributed by atoms with van der Waals surface area (Å²) in [5.41, 5.74) is 2.18. The molecule has 0 N–H and O–H groups in total. The second-order valence-electron chi connectivity index (χ2n) is 3.85. The average molecular weight is 215 g/mol. The lowest BCUT2D eigenvalue weighted by Gasteiger charge is -2.24. The van der Waals surface area contributed by atoms with Crippen LogP contribution in [0.2, 0.25) is 0 Å². The number of hydrogen-bond acceptors (Lipinski definition) is 3. The summed E-state index contributed by atoms with van der Waals surface area (Å²) in [5.74, 6) is 0. The van der Waals surface area contributed by atoms with Gasteiger partial charge in [0.2, 0.25) is 0 Å². The molecule has 2 heterocycles. The minimum Gasteiger partial charge on any atom is -0.376 e. The van der Waals surface area contributed by atoms with E-state index in [1.165, 1.54) is 5.56 Å². The molecule has 2 aromatic rings. The summed E-state index contributed by atoms with van der Waals surface area (Å²) in [6.45, 7) is 1.99. The topological polar surface area (TPSA) is 31.4 Å². The van der Waals surface area contributed by atoms with Crippen molar-refractivity contribution >= 4 is 10.9 Å². The third kappa shape index (κ3) is 1.68. The number of benzene rings is 1. The monoisotopic (exact) mass is 215 g/mol. The lowest BCUT2D eigenvalue weighted by molar-refractivity contribution is -0.0895. The summed E-state index contributed by atoms with van der Waals surface area (Å²) in [5, 5.41) is 1.15. The van der Waals surface area contributed by atoms with Crippen molar-refractivity contribution in [3.05, 3.63) is 42.1 Å². The predicted octanol–water partition coefficient (Wildman–Crippen LogP) is 2.32. The molecule has 1 aliphatic heterocycles. The van der Waals surface area contributed by atoms with Crippen LogP contribution in [0.15, 0.2) is 36.5 Å². The molecule has 1 aliphatic rings. The molecule has 0 spiro atoms. The van der Waals surface area contributed by atoms with Gasteiger partial charge in [0.15, 0.2) is 0 Å². The standard InChI is InChI=1S/C13H13NO2/c1-2-4-12-10(3-1)11(5-6-14-12)13-9-15-7-8-16-13/h1-6,13H,7-9H2. The fraction of sp³-hybridized carbons (Fsp3) is 0.308. The third-order valence-corrected chi connectivity index (χ3v) is 2.85. The Labute approximate surface area is 94.0 Å². The Morgan fingerprint density at radius 1 is 1.12 bits per heavy atom. The van der Waals surface area contributed by atoms with Crippen LogP contribution in [0.1, 0.15) is 11.7 Å². The molecule has 1 aromatic carbocycles. The summed E-state index contributed by atoms with van der Waals surface area (Å²) < 4.78 is 11.2. The van der Waals surface area contributed by atoms with E-state index in [0.717, 1.165) is 10.9 Å². The first-order valence-corrected chi connectivity index (χ1v) is 5.48. The van der Waals surface area contributed by atoms with Gasteiger partial charge in [-0.05, 0) is 17.7 Å².